The Labute approximate surface area is 133 Å². The second kappa shape index (κ2) is 8.67. The molecule has 6 heteroatoms. The van der Waals surface area contributed by atoms with Crippen LogP contribution in [0.15, 0.2) is 27.8 Å². The van der Waals surface area contributed by atoms with Crippen LogP contribution >= 0.6 is 15.9 Å². The summed E-state index contributed by atoms with van der Waals surface area (Å²) in [5.74, 6) is -0.0838. The van der Waals surface area contributed by atoms with Crippen molar-refractivity contribution in [1.29, 1.82) is 0 Å². The quantitative estimate of drug-likeness (QED) is 0.301. The fraction of sp³-hybridized carbons (Fsp3) is 0.467. The lowest BCUT2D eigenvalue weighted by Crippen LogP contribution is -2.24. The molecule has 0 radical (unpaired) electrons. The molecule has 0 aliphatic carbocycles. The van der Waals surface area contributed by atoms with Crippen molar-refractivity contribution in [2.45, 2.75) is 39.5 Å². The molecular formula is C15H22BrN3O2. The van der Waals surface area contributed by atoms with E-state index in [1.807, 2.05) is 6.92 Å². The lowest BCUT2D eigenvalue weighted by molar-refractivity contribution is -0.120. The molecule has 0 fully saturated rings. The average Bonchev–Trinajstić information content (AvgIpc) is 2.47. The van der Waals surface area contributed by atoms with Crippen LogP contribution in [0.5, 0.6) is 0 Å². The molecule has 0 saturated heterocycles. The van der Waals surface area contributed by atoms with Gasteiger partial charge in [0.2, 0.25) is 5.91 Å². The molecule has 1 rings (SSSR count). The molecule has 0 aliphatic heterocycles. The minimum absolute atomic E-state index is 0.0240. The highest BCUT2D eigenvalue weighted by atomic mass is 79.9. The number of rotatable bonds is 7. The van der Waals surface area contributed by atoms with E-state index in [1.54, 1.807) is 18.2 Å². The van der Waals surface area contributed by atoms with Crippen LogP contribution in [0.25, 0.3) is 0 Å². The summed E-state index contributed by atoms with van der Waals surface area (Å²) in [4.78, 5) is 12.4. The zero-order valence-corrected chi connectivity index (χ0v) is 14.0. The van der Waals surface area contributed by atoms with E-state index in [0.29, 0.717) is 11.3 Å². The van der Waals surface area contributed by atoms with Gasteiger partial charge in [0.05, 0.1) is 5.69 Å². The molecule has 1 atom stereocenters. The number of oxime groups is 1. The monoisotopic (exact) mass is 355 g/mol. The number of nitrogens with two attached hydrogens (primary N) is 1. The van der Waals surface area contributed by atoms with Gasteiger partial charge in [0, 0.05) is 16.0 Å². The standard InChI is InChI=1S/C15H22BrN3O2/c1-3-5-6-10(4-2)15(20)18-13-9-11(16)7-8-12(13)14(17)19-21/h7-10,21H,3-6H2,1-2H3,(H2,17,19)(H,18,20). The van der Waals surface area contributed by atoms with Crippen LogP contribution in [0.1, 0.15) is 45.1 Å². The summed E-state index contributed by atoms with van der Waals surface area (Å²) < 4.78 is 0.814. The molecule has 0 bridgehead atoms. The van der Waals surface area contributed by atoms with Gasteiger partial charge in [-0.25, -0.2) is 0 Å². The number of halogens is 1. The number of nitrogens with one attached hydrogen (secondary N) is 1. The van der Waals surface area contributed by atoms with Crippen LogP contribution in [0.3, 0.4) is 0 Å². The summed E-state index contributed by atoms with van der Waals surface area (Å²) in [6.07, 6.45) is 3.75. The van der Waals surface area contributed by atoms with Crippen LogP contribution in [-0.2, 0) is 4.79 Å². The number of unbranched alkanes of at least 4 members (excludes halogenated alkanes) is 1. The molecular weight excluding hydrogens is 334 g/mol. The number of carbonyl (C=O) groups excluding carboxylic acids is 1. The molecule has 5 nitrogen and oxygen atoms in total. The van der Waals surface area contributed by atoms with Gasteiger partial charge >= 0.3 is 0 Å². The number of amidine groups is 1. The average molecular weight is 356 g/mol. The molecule has 1 aromatic rings. The van der Waals surface area contributed by atoms with Gasteiger partial charge in [0.25, 0.3) is 0 Å². The highest BCUT2D eigenvalue weighted by Gasteiger charge is 2.18. The third kappa shape index (κ3) is 5.04. The number of anilines is 1. The van der Waals surface area contributed by atoms with Crippen molar-refractivity contribution in [3.8, 4) is 0 Å². The zero-order valence-electron chi connectivity index (χ0n) is 12.4. The summed E-state index contributed by atoms with van der Waals surface area (Å²) in [6.45, 7) is 4.11. The number of hydrogen-bond acceptors (Lipinski definition) is 3. The summed E-state index contributed by atoms with van der Waals surface area (Å²) in [5, 5.41) is 14.7. The van der Waals surface area contributed by atoms with Gasteiger partial charge < -0.3 is 16.3 Å². The van der Waals surface area contributed by atoms with Crippen LogP contribution < -0.4 is 11.1 Å². The number of nitrogens with zero attached hydrogens (tertiary/aromatic N) is 1. The predicted octanol–water partition coefficient (Wildman–Crippen LogP) is 3.70. The lowest BCUT2D eigenvalue weighted by Gasteiger charge is -2.16. The first-order valence-electron chi connectivity index (χ1n) is 7.11. The number of amides is 1. The Morgan fingerprint density at radius 2 is 2.19 bits per heavy atom. The van der Waals surface area contributed by atoms with Gasteiger partial charge in [-0.15, -0.1) is 0 Å². The predicted molar refractivity (Wildman–Crippen MR) is 88.6 cm³/mol. The summed E-state index contributed by atoms with van der Waals surface area (Å²) in [7, 11) is 0. The Hall–Kier alpha value is -1.56. The molecule has 1 amide bonds. The second-order valence-corrected chi connectivity index (χ2v) is 5.83. The van der Waals surface area contributed by atoms with Crippen molar-refractivity contribution in [3.63, 3.8) is 0 Å². The molecule has 0 saturated carbocycles. The number of benzene rings is 1. The summed E-state index contributed by atoms with van der Waals surface area (Å²) in [6, 6.07) is 5.22. The van der Waals surface area contributed by atoms with Gasteiger partial charge in [-0.2, -0.15) is 0 Å². The van der Waals surface area contributed by atoms with Crippen molar-refractivity contribution < 1.29 is 10.0 Å². The fourth-order valence-corrected chi connectivity index (χ4v) is 2.46. The van der Waals surface area contributed by atoms with E-state index < -0.39 is 0 Å². The Bertz CT molecular complexity index is 518. The Morgan fingerprint density at radius 1 is 1.48 bits per heavy atom. The van der Waals surface area contributed by atoms with E-state index in [-0.39, 0.29) is 17.7 Å². The van der Waals surface area contributed by atoms with Crippen molar-refractivity contribution in [2.24, 2.45) is 16.8 Å². The van der Waals surface area contributed by atoms with Gasteiger partial charge in [0.1, 0.15) is 0 Å². The normalized spacial score (nSPS) is 13.0. The molecule has 116 valence electrons. The third-order valence-electron chi connectivity index (χ3n) is 3.39. The number of hydrogen-bond donors (Lipinski definition) is 3. The Balaban J connectivity index is 2.95. The first kappa shape index (κ1) is 17.5. The minimum atomic E-state index is -0.0314. The molecule has 0 heterocycles. The molecule has 1 aromatic carbocycles. The van der Waals surface area contributed by atoms with E-state index in [0.717, 1.165) is 30.2 Å². The fourth-order valence-electron chi connectivity index (χ4n) is 2.10. The van der Waals surface area contributed by atoms with Crippen molar-refractivity contribution in [1.82, 2.24) is 0 Å². The summed E-state index contributed by atoms with van der Waals surface area (Å²) in [5.41, 5.74) is 6.68. The van der Waals surface area contributed by atoms with Crippen molar-refractivity contribution in [2.75, 3.05) is 5.32 Å². The Kier molecular flexibility index (Phi) is 7.22. The van der Waals surface area contributed by atoms with Gasteiger partial charge in [0.15, 0.2) is 5.84 Å². The third-order valence-corrected chi connectivity index (χ3v) is 3.89. The van der Waals surface area contributed by atoms with Crippen molar-refractivity contribution >= 4 is 33.4 Å². The maximum Gasteiger partial charge on any atom is 0.227 e. The highest BCUT2D eigenvalue weighted by molar-refractivity contribution is 9.10. The SMILES string of the molecule is CCCCC(CC)C(=O)Nc1cc(Br)ccc1/C(N)=N/O. The lowest BCUT2D eigenvalue weighted by atomic mass is 9.98. The Morgan fingerprint density at radius 3 is 2.76 bits per heavy atom. The molecule has 0 spiro atoms. The van der Waals surface area contributed by atoms with E-state index in [9.17, 15) is 4.79 Å². The maximum atomic E-state index is 12.4. The highest BCUT2D eigenvalue weighted by Crippen LogP contribution is 2.23. The first-order chi connectivity index (χ1) is 10.0. The minimum Gasteiger partial charge on any atom is -0.409 e. The largest absolute Gasteiger partial charge is 0.409 e. The zero-order chi connectivity index (χ0) is 15.8. The molecule has 0 aliphatic rings. The number of carbonyl (C=O) groups is 1. The van der Waals surface area contributed by atoms with Gasteiger partial charge in [-0.05, 0) is 31.0 Å². The molecule has 4 N–H and O–H groups in total. The van der Waals surface area contributed by atoms with E-state index >= 15 is 0 Å². The molecule has 1 unspecified atom stereocenters. The van der Waals surface area contributed by atoms with Crippen LogP contribution in [0, 0.1) is 5.92 Å². The molecule has 0 aromatic heterocycles. The van der Waals surface area contributed by atoms with Crippen LogP contribution in [-0.4, -0.2) is 17.0 Å². The van der Waals surface area contributed by atoms with Crippen LogP contribution in [0.2, 0.25) is 0 Å². The van der Waals surface area contributed by atoms with Crippen LogP contribution in [0.4, 0.5) is 5.69 Å². The van der Waals surface area contributed by atoms with Gasteiger partial charge in [-0.1, -0.05) is 47.8 Å². The van der Waals surface area contributed by atoms with E-state index in [1.165, 1.54) is 0 Å². The van der Waals surface area contributed by atoms with E-state index in [2.05, 4.69) is 33.3 Å². The van der Waals surface area contributed by atoms with E-state index in [4.69, 9.17) is 10.9 Å². The second-order valence-electron chi connectivity index (χ2n) is 4.91. The first-order valence-corrected chi connectivity index (χ1v) is 7.91. The summed E-state index contributed by atoms with van der Waals surface area (Å²) >= 11 is 3.36. The van der Waals surface area contributed by atoms with Crippen molar-refractivity contribution in [3.05, 3.63) is 28.2 Å². The molecule has 21 heavy (non-hydrogen) atoms. The van der Waals surface area contributed by atoms with Gasteiger partial charge in [-0.3, -0.25) is 4.79 Å². The maximum absolute atomic E-state index is 12.4. The topological polar surface area (TPSA) is 87.7 Å². The smallest absolute Gasteiger partial charge is 0.227 e.